The molecule has 8 nitrogen and oxygen atoms in total. The number of benzene rings is 1. The number of fused-ring (bicyclic) bond motifs is 2. The molecular weight excluding hydrogens is 290 g/mol. The SMILES string of the molecule is COC(=O)[C@@H]1CN(C)[C@]2(C1)C(=O)Nc1ccc([N+](=O)[O-])cc12. The molecule has 1 aromatic carbocycles. The average molecular weight is 305 g/mol. The van der Waals surface area contributed by atoms with E-state index < -0.39 is 16.4 Å². The van der Waals surface area contributed by atoms with Gasteiger partial charge in [0.05, 0.1) is 18.0 Å². The highest BCUT2D eigenvalue weighted by molar-refractivity contribution is 6.06. The number of nitrogens with zero attached hydrogens (tertiary/aromatic N) is 2. The summed E-state index contributed by atoms with van der Waals surface area (Å²) in [5.74, 6) is -1.08. The lowest BCUT2D eigenvalue weighted by Crippen LogP contribution is -2.44. The molecule has 0 aromatic heterocycles. The van der Waals surface area contributed by atoms with E-state index in [2.05, 4.69) is 5.32 Å². The van der Waals surface area contributed by atoms with E-state index in [1.54, 1.807) is 11.9 Å². The molecule has 3 rings (SSSR count). The first-order valence-corrected chi connectivity index (χ1v) is 6.79. The molecule has 0 aliphatic carbocycles. The van der Waals surface area contributed by atoms with Crippen LogP contribution in [0.3, 0.4) is 0 Å². The fourth-order valence-electron chi connectivity index (χ4n) is 3.41. The number of nitro groups is 1. The van der Waals surface area contributed by atoms with Crippen molar-refractivity contribution >= 4 is 23.3 Å². The predicted molar refractivity (Wildman–Crippen MR) is 76.2 cm³/mol. The van der Waals surface area contributed by atoms with Gasteiger partial charge in [-0.1, -0.05) is 0 Å². The maximum atomic E-state index is 12.5. The summed E-state index contributed by atoms with van der Waals surface area (Å²) < 4.78 is 4.76. The largest absolute Gasteiger partial charge is 0.469 e. The Morgan fingerprint density at radius 2 is 2.27 bits per heavy atom. The Morgan fingerprint density at radius 3 is 2.91 bits per heavy atom. The van der Waals surface area contributed by atoms with Gasteiger partial charge in [0, 0.05) is 29.9 Å². The molecule has 116 valence electrons. The monoisotopic (exact) mass is 305 g/mol. The lowest BCUT2D eigenvalue weighted by Gasteiger charge is -2.29. The van der Waals surface area contributed by atoms with Crippen LogP contribution in [0.15, 0.2) is 18.2 Å². The van der Waals surface area contributed by atoms with Gasteiger partial charge in [0.1, 0.15) is 5.54 Å². The first kappa shape index (κ1) is 14.5. The zero-order valence-corrected chi connectivity index (χ0v) is 12.2. The molecule has 0 bridgehead atoms. The van der Waals surface area contributed by atoms with Crippen LogP contribution in [-0.2, 0) is 19.9 Å². The van der Waals surface area contributed by atoms with Crippen LogP contribution in [0.5, 0.6) is 0 Å². The second-order valence-corrected chi connectivity index (χ2v) is 5.61. The Hall–Kier alpha value is -2.48. The number of non-ortho nitro benzene ring substituents is 1. The molecule has 8 heteroatoms. The number of rotatable bonds is 2. The standard InChI is InChI=1S/C14H15N3O5/c1-16-7-8(12(18)22-2)6-14(16)10-5-9(17(20)21)3-4-11(10)15-13(14)19/h3-5,8H,6-7H2,1-2H3,(H,15,19)/t8-,14-/m0/s1. The summed E-state index contributed by atoms with van der Waals surface area (Å²) in [7, 11) is 3.04. The third kappa shape index (κ3) is 1.80. The van der Waals surface area contributed by atoms with E-state index in [1.807, 2.05) is 0 Å². The molecule has 1 aromatic rings. The van der Waals surface area contributed by atoms with Crippen molar-refractivity contribution < 1.29 is 19.2 Å². The highest BCUT2D eigenvalue weighted by Crippen LogP contribution is 2.49. The van der Waals surface area contributed by atoms with Gasteiger partial charge in [-0.2, -0.15) is 0 Å². The number of likely N-dealkylation sites (N-methyl/N-ethyl adjacent to an activating group) is 1. The number of likely N-dealkylation sites (tertiary alicyclic amines) is 1. The molecular formula is C14H15N3O5. The van der Waals surface area contributed by atoms with Gasteiger partial charge in [-0.25, -0.2) is 0 Å². The van der Waals surface area contributed by atoms with E-state index in [0.29, 0.717) is 17.8 Å². The summed E-state index contributed by atoms with van der Waals surface area (Å²) in [4.78, 5) is 36.6. The van der Waals surface area contributed by atoms with E-state index in [-0.39, 0.29) is 24.0 Å². The number of carbonyl (C=O) groups is 2. The van der Waals surface area contributed by atoms with Crippen molar-refractivity contribution in [3.8, 4) is 0 Å². The quantitative estimate of drug-likeness (QED) is 0.494. The highest BCUT2D eigenvalue weighted by atomic mass is 16.6. The Kier molecular flexibility index (Phi) is 3.13. The summed E-state index contributed by atoms with van der Waals surface area (Å²) in [6.45, 7) is 0.363. The lowest BCUT2D eigenvalue weighted by atomic mass is 9.86. The Bertz CT molecular complexity index is 689. The van der Waals surface area contributed by atoms with Crippen LogP contribution in [0.25, 0.3) is 0 Å². The van der Waals surface area contributed by atoms with Crippen LogP contribution in [0, 0.1) is 16.0 Å². The number of carbonyl (C=O) groups excluding carboxylic acids is 2. The van der Waals surface area contributed by atoms with Gasteiger partial charge < -0.3 is 10.1 Å². The first-order chi connectivity index (χ1) is 10.4. The van der Waals surface area contributed by atoms with Crippen molar-refractivity contribution in [2.75, 3.05) is 26.0 Å². The number of hydrogen-bond donors (Lipinski definition) is 1. The van der Waals surface area contributed by atoms with Crippen molar-refractivity contribution in [1.29, 1.82) is 0 Å². The van der Waals surface area contributed by atoms with Gasteiger partial charge in [-0.05, 0) is 19.5 Å². The van der Waals surface area contributed by atoms with E-state index in [0.717, 1.165) is 0 Å². The number of amides is 1. The van der Waals surface area contributed by atoms with Crippen LogP contribution >= 0.6 is 0 Å². The minimum absolute atomic E-state index is 0.0791. The molecule has 2 aliphatic rings. The first-order valence-electron chi connectivity index (χ1n) is 6.79. The van der Waals surface area contributed by atoms with Gasteiger partial charge in [-0.15, -0.1) is 0 Å². The van der Waals surface area contributed by atoms with Gasteiger partial charge >= 0.3 is 5.97 Å². The van der Waals surface area contributed by atoms with Crippen molar-refractivity contribution in [3.63, 3.8) is 0 Å². The van der Waals surface area contributed by atoms with Gasteiger partial charge in [-0.3, -0.25) is 24.6 Å². The number of nitro benzene ring substituents is 1. The van der Waals surface area contributed by atoms with Crippen LogP contribution in [0.4, 0.5) is 11.4 Å². The third-order valence-electron chi connectivity index (χ3n) is 4.51. The lowest BCUT2D eigenvalue weighted by molar-refractivity contribution is -0.384. The minimum Gasteiger partial charge on any atom is -0.469 e. The molecule has 0 saturated carbocycles. The second-order valence-electron chi connectivity index (χ2n) is 5.61. The topological polar surface area (TPSA) is 102 Å². The number of esters is 1. The van der Waals surface area contributed by atoms with Gasteiger partial charge in [0.15, 0.2) is 0 Å². The predicted octanol–water partition coefficient (Wildman–Crippen LogP) is 0.867. The summed E-state index contributed by atoms with van der Waals surface area (Å²) in [6.07, 6.45) is 0.246. The van der Waals surface area contributed by atoms with E-state index >= 15 is 0 Å². The molecule has 1 saturated heterocycles. The molecule has 1 spiro atoms. The summed E-state index contributed by atoms with van der Waals surface area (Å²) >= 11 is 0. The number of ether oxygens (including phenoxy) is 1. The number of anilines is 1. The van der Waals surface area contributed by atoms with E-state index in [1.165, 1.54) is 25.3 Å². The fraction of sp³-hybridized carbons (Fsp3) is 0.429. The van der Waals surface area contributed by atoms with Crippen molar-refractivity contribution in [3.05, 3.63) is 33.9 Å². The minimum atomic E-state index is -1.06. The molecule has 0 unspecified atom stereocenters. The zero-order valence-electron chi connectivity index (χ0n) is 12.2. The molecule has 1 fully saturated rings. The van der Waals surface area contributed by atoms with E-state index in [9.17, 15) is 19.7 Å². The van der Waals surface area contributed by atoms with Gasteiger partial charge in [0.25, 0.3) is 5.69 Å². The molecule has 1 N–H and O–H groups in total. The number of nitrogens with one attached hydrogen (secondary N) is 1. The third-order valence-corrected chi connectivity index (χ3v) is 4.51. The molecule has 2 aliphatic heterocycles. The summed E-state index contributed by atoms with van der Waals surface area (Å²) in [5.41, 5.74) is -0.0432. The number of hydrogen-bond acceptors (Lipinski definition) is 6. The maximum absolute atomic E-state index is 12.5. The zero-order chi connectivity index (χ0) is 16.1. The van der Waals surface area contributed by atoms with Crippen LogP contribution in [-0.4, -0.2) is 42.4 Å². The van der Waals surface area contributed by atoms with Crippen LogP contribution in [0.2, 0.25) is 0 Å². The summed E-state index contributed by atoms with van der Waals surface area (Å²) in [5, 5.41) is 13.7. The highest BCUT2D eigenvalue weighted by Gasteiger charge is 2.57. The van der Waals surface area contributed by atoms with Crippen molar-refractivity contribution in [2.24, 2.45) is 5.92 Å². The number of methoxy groups -OCH3 is 1. The van der Waals surface area contributed by atoms with Crippen LogP contribution in [0.1, 0.15) is 12.0 Å². The Balaban J connectivity index is 2.09. The average Bonchev–Trinajstić information content (AvgIpc) is 2.98. The Morgan fingerprint density at radius 1 is 1.55 bits per heavy atom. The fourth-order valence-corrected chi connectivity index (χ4v) is 3.41. The maximum Gasteiger partial charge on any atom is 0.310 e. The smallest absolute Gasteiger partial charge is 0.310 e. The van der Waals surface area contributed by atoms with Crippen LogP contribution < -0.4 is 5.32 Å². The van der Waals surface area contributed by atoms with E-state index in [4.69, 9.17) is 4.74 Å². The Labute approximate surface area is 126 Å². The molecule has 1 amide bonds. The summed E-state index contributed by atoms with van der Waals surface area (Å²) in [6, 6.07) is 4.29. The molecule has 0 radical (unpaired) electrons. The van der Waals surface area contributed by atoms with Crippen molar-refractivity contribution in [2.45, 2.75) is 12.0 Å². The second kappa shape index (κ2) is 4.77. The normalized spacial score (nSPS) is 26.8. The van der Waals surface area contributed by atoms with Gasteiger partial charge in [0.2, 0.25) is 5.91 Å². The molecule has 2 heterocycles. The molecule has 2 atom stereocenters. The van der Waals surface area contributed by atoms with Crippen molar-refractivity contribution in [1.82, 2.24) is 4.90 Å². The molecule has 22 heavy (non-hydrogen) atoms.